The Morgan fingerprint density at radius 2 is 1.67 bits per heavy atom. The number of hydrogen-bond donors (Lipinski definition) is 1. The summed E-state index contributed by atoms with van der Waals surface area (Å²) in [6, 6.07) is 12.1. The van der Waals surface area contributed by atoms with Gasteiger partial charge < -0.3 is 14.8 Å². The smallest absolute Gasteiger partial charge is 0.465 e. The Hall–Kier alpha value is -3.95. The van der Waals surface area contributed by atoms with Crippen LogP contribution in [-0.4, -0.2) is 25.3 Å². The highest BCUT2D eigenvalue weighted by Crippen LogP contribution is 2.28. The Kier molecular flexibility index (Phi) is 6.95. The largest absolute Gasteiger partial charge is 0.573 e. The first-order chi connectivity index (χ1) is 15.6. The number of hydrogen-bond acceptors (Lipinski definition) is 4. The Morgan fingerprint density at radius 3 is 2.33 bits per heavy atom. The van der Waals surface area contributed by atoms with E-state index >= 15 is 0 Å². The highest BCUT2D eigenvalue weighted by atomic mass is 19.4. The minimum absolute atomic E-state index is 0.0609. The Balaban J connectivity index is 1.76. The van der Waals surface area contributed by atoms with Gasteiger partial charge >= 0.3 is 12.3 Å². The summed E-state index contributed by atoms with van der Waals surface area (Å²) in [5.41, 5.74) is -0.0687. The number of benzene rings is 3. The van der Waals surface area contributed by atoms with Crippen molar-refractivity contribution in [2.75, 3.05) is 7.11 Å². The number of carbonyl (C=O) groups excluding carboxylic acids is 2. The van der Waals surface area contributed by atoms with Gasteiger partial charge in [0, 0.05) is 17.7 Å². The lowest BCUT2D eigenvalue weighted by atomic mass is 9.98. The molecule has 0 saturated heterocycles. The van der Waals surface area contributed by atoms with Crippen molar-refractivity contribution in [1.82, 2.24) is 5.32 Å². The normalized spacial score (nSPS) is 11.1. The topological polar surface area (TPSA) is 64.6 Å². The van der Waals surface area contributed by atoms with E-state index in [4.69, 9.17) is 0 Å². The first kappa shape index (κ1) is 23.7. The third-order valence-corrected chi connectivity index (χ3v) is 4.54. The van der Waals surface area contributed by atoms with E-state index in [1.54, 1.807) is 0 Å². The van der Waals surface area contributed by atoms with Crippen LogP contribution in [0.5, 0.6) is 5.75 Å². The molecule has 3 aromatic carbocycles. The quantitative estimate of drug-likeness (QED) is 0.399. The van der Waals surface area contributed by atoms with Gasteiger partial charge in [-0.15, -0.1) is 13.2 Å². The summed E-state index contributed by atoms with van der Waals surface area (Å²) in [4.78, 5) is 24.2. The van der Waals surface area contributed by atoms with Crippen LogP contribution in [0.25, 0.3) is 11.1 Å². The van der Waals surface area contributed by atoms with Gasteiger partial charge in [-0.3, -0.25) is 4.79 Å². The number of ether oxygens (including phenoxy) is 2. The van der Waals surface area contributed by atoms with Crippen LogP contribution in [-0.2, 0) is 11.3 Å². The molecule has 172 valence electrons. The van der Waals surface area contributed by atoms with Gasteiger partial charge in [0.25, 0.3) is 5.91 Å². The minimum atomic E-state index is -4.91. The Bertz CT molecular complexity index is 1190. The molecule has 3 rings (SSSR count). The second-order valence-electron chi connectivity index (χ2n) is 6.72. The number of halogens is 5. The van der Waals surface area contributed by atoms with E-state index in [1.165, 1.54) is 36.4 Å². The maximum Gasteiger partial charge on any atom is 0.573 e. The van der Waals surface area contributed by atoms with Crippen LogP contribution < -0.4 is 10.1 Å². The first-order valence-electron chi connectivity index (χ1n) is 9.38. The molecule has 1 amide bonds. The maximum absolute atomic E-state index is 14.6. The summed E-state index contributed by atoms with van der Waals surface area (Å²) in [5.74, 6) is -3.81. The monoisotopic (exact) mass is 465 g/mol. The molecule has 0 radical (unpaired) electrons. The van der Waals surface area contributed by atoms with Gasteiger partial charge in [-0.05, 0) is 41.5 Å². The summed E-state index contributed by atoms with van der Waals surface area (Å²) in [6.07, 6.45) is -4.91. The molecule has 33 heavy (non-hydrogen) atoms. The van der Waals surface area contributed by atoms with Crippen LogP contribution in [0.1, 0.15) is 26.3 Å². The van der Waals surface area contributed by atoms with Crippen molar-refractivity contribution in [3.63, 3.8) is 0 Å². The highest BCUT2D eigenvalue weighted by Gasteiger charge is 2.31. The fourth-order valence-corrected chi connectivity index (χ4v) is 3.04. The van der Waals surface area contributed by atoms with E-state index in [2.05, 4.69) is 14.8 Å². The van der Waals surface area contributed by atoms with Crippen molar-refractivity contribution in [3.05, 3.63) is 89.0 Å². The number of carbonyl (C=O) groups is 2. The lowest BCUT2D eigenvalue weighted by molar-refractivity contribution is -0.274. The fourth-order valence-electron chi connectivity index (χ4n) is 3.04. The van der Waals surface area contributed by atoms with Crippen LogP contribution in [0.2, 0.25) is 0 Å². The lowest BCUT2D eigenvalue weighted by Gasteiger charge is -2.12. The number of amides is 1. The number of esters is 1. The van der Waals surface area contributed by atoms with Gasteiger partial charge in [0.05, 0.1) is 7.11 Å². The third-order valence-electron chi connectivity index (χ3n) is 4.54. The fraction of sp³-hybridized carbons (Fsp3) is 0.130. The molecule has 0 aliphatic heterocycles. The van der Waals surface area contributed by atoms with Gasteiger partial charge in [0.1, 0.15) is 22.9 Å². The number of methoxy groups -OCH3 is 1. The lowest BCUT2D eigenvalue weighted by Crippen LogP contribution is -2.23. The second kappa shape index (κ2) is 9.68. The van der Waals surface area contributed by atoms with E-state index in [9.17, 15) is 31.5 Å². The van der Waals surface area contributed by atoms with E-state index in [-0.39, 0.29) is 34.4 Å². The molecule has 0 aromatic heterocycles. The molecule has 10 heteroatoms. The predicted octanol–water partition coefficient (Wildman–Crippen LogP) is 5.25. The Labute approximate surface area is 184 Å². The van der Waals surface area contributed by atoms with Crippen LogP contribution in [0, 0.1) is 11.6 Å². The summed E-state index contributed by atoms with van der Waals surface area (Å²) in [7, 11) is 1.09. The van der Waals surface area contributed by atoms with Gasteiger partial charge in [-0.25, -0.2) is 13.6 Å². The summed E-state index contributed by atoms with van der Waals surface area (Å²) >= 11 is 0. The molecule has 0 aliphatic rings. The van der Waals surface area contributed by atoms with Gasteiger partial charge in [-0.1, -0.05) is 30.3 Å². The maximum atomic E-state index is 14.6. The summed E-state index contributed by atoms with van der Waals surface area (Å²) in [6.45, 7) is -0.275. The molecule has 0 saturated carbocycles. The van der Waals surface area contributed by atoms with Gasteiger partial charge in [0.15, 0.2) is 0 Å². The zero-order valence-corrected chi connectivity index (χ0v) is 17.0. The van der Waals surface area contributed by atoms with Crippen molar-refractivity contribution in [3.8, 4) is 16.9 Å². The molecule has 0 spiro atoms. The molecule has 0 heterocycles. The zero-order valence-electron chi connectivity index (χ0n) is 17.0. The molecule has 0 fully saturated rings. The first-order valence-corrected chi connectivity index (χ1v) is 9.38. The molecule has 0 aliphatic carbocycles. The van der Waals surface area contributed by atoms with E-state index in [0.29, 0.717) is 0 Å². The number of nitrogens with one attached hydrogen (secondary N) is 1. The van der Waals surface area contributed by atoms with Gasteiger partial charge in [-0.2, -0.15) is 0 Å². The van der Waals surface area contributed by atoms with Crippen molar-refractivity contribution in [2.24, 2.45) is 0 Å². The van der Waals surface area contributed by atoms with Crippen LogP contribution in [0.3, 0.4) is 0 Å². The number of alkyl halides is 3. The molecule has 1 N–H and O–H groups in total. The summed E-state index contributed by atoms with van der Waals surface area (Å²) < 4.78 is 74.2. The third kappa shape index (κ3) is 5.85. The Morgan fingerprint density at radius 1 is 0.939 bits per heavy atom. The second-order valence-corrected chi connectivity index (χ2v) is 6.72. The van der Waals surface area contributed by atoms with Crippen molar-refractivity contribution < 1.29 is 41.0 Å². The van der Waals surface area contributed by atoms with Crippen molar-refractivity contribution in [2.45, 2.75) is 12.9 Å². The molecule has 3 aromatic rings. The van der Waals surface area contributed by atoms with Crippen molar-refractivity contribution >= 4 is 11.9 Å². The average molecular weight is 465 g/mol. The zero-order chi connectivity index (χ0) is 24.2. The molecule has 5 nitrogen and oxygen atoms in total. The summed E-state index contributed by atoms with van der Waals surface area (Å²) in [5, 5.41) is 2.40. The molecular formula is C23H16F5NO4. The van der Waals surface area contributed by atoms with Crippen molar-refractivity contribution in [1.29, 1.82) is 0 Å². The molecular weight excluding hydrogens is 449 g/mol. The minimum Gasteiger partial charge on any atom is -0.465 e. The highest BCUT2D eigenvalue weighted by molar-refractivity contribution is 5.97. The van der Waals surface area contributed by atoms with Crippen LogP contribution >= 0.6 is 0 Å². The van der Waals surface area contributed by atoms with E-state index in [0.717, 1.165) is 31.4 Å². The van der Waals surface area contributed by atoms with Crippen LogP contribution in [0.4, 0.5) is 22.0 Å². The molecule has 0 unspecified atom stereocenters. The van der Waals surface area contributed by atoms with E-state index in [1.807, 2.05) is 0 Å². The average Bonchev–Trinajstić information content (AvgIpc) is 2.76. The molecule has 0 atom stereocenters. The van der Waals surface area contributed by atoms with Crippen LogP contribution in [0.15, 0.2) is 60.7 Å². The standard InChI is InChI=1S/C23H16F5NO4/c1-32-22(31)20-17(6-3-7-18(20)24)13-8-9-15(19(25)11-13)12-29-21(30)14-4-2-5-16(10-14)33-23(26,27)28/h2-11H,12H2,1H3,(H,29,30). The molecule has 0 bridgehead atoms. The van der Waals surface area contributed by atoms with Gasteiger partial charge in [0.2, 0.25) is 0 Å². The predicted molar refractivity (Wildman–Crippen MR) is 107 cm³/mol. The van der Waals surface area contributed by atoms with E-state index < -0.39 is 35.6 Å². The SMILES string of the molecule is COC(=O)c1c(F)cccc1-c1ccc(CNC(=O)c2cccc(OC(F)(F)F)c2)c(F)c1. The number of rotatable bonds is 6.